The molecule has 4 aliphatic rings. The van der Waals surface area contributed by atoms with E-state index in [1.807, 2.05) is 24.3 Å². The molecule has 2 saturated carbocycles. The summed E-state index contributed by atoms with van der Waals surface area (Å²) < 4.78 is 16.4. The molecule has 11 nitrogen and oxygen atoms in total. The minimum absolute atomic E-state index is 0.0154. The number of esters is 1. The zero-order valence-corrected chi connectivity index (χ0v) is 28.8. The number of aromatic amines is 1. The Hall–Kier alpha value is -4.88. The molecule has 13 heteroatoms. The number of fused-ring (bicyclic) bond motifs is 9. The van der Waals surface area contributed by atoms with Crippen LogP contribution in [-0.2, 0) is 19.1 Å². The van der Waals surface area contributed by atoms with Gasteiger partial charge >= 0.3 is 10.8 Å². The predicted molar refractivity (Wildman–Crippen MR) is 187 cm³/mol. The van der Waals surface area contributed by atoms with E-state index in [1.54, 1.807) is 74.3 Å². The maximum Gasteiger partial charge on any atom is 0.338 e. The first kappa shape index (κ1) is 32.3. The summed E-state index contributed by atoms with van der Waals surface area (Å²) in [5, 5.41) is 3.61. The zero-order chi connectivity index (χ0) is 34.7. The molecule has 2 aliphatic heterocycles. The summed E-state index contributed by atoms with van der Waals surface area (Å²) in [7, 11) is 1.57. The number of benzene rings is 3. The molecule has 8 rings (SSSR count). The first-order valence-corrected chi connectivity index (χ1v) is 18.2. The van der Waals surface area contributed by atoms with E-state index in [2.05, 4.69) is 10.3 Å². The van der Waals surface area contributed by atoms with Crippen molar-refractivity contribution in [3.05, 3.63) is 98.5 Å². The van der Waals surface area contributed by atoms with Crippen molar-refractivity contribution in [3.63, 3.8) is 0 Å². The van der Waals surface area contributed by atoms with Crippen molar-refractivity contribution in [2.24, 2.45) is 29.6 Å². The summed E-state index contributed by atoms with van der Waals surface area (Å²) in [6.07, 6.45) is 0.730. The molecule has 2 bridgehead atoms. The number of amides is 3. The second-order valence-corrected chi connectivity index (χ2v) is 15.0. The number of nitrogens with one attached hydrogen (secondary N) is 2. The Labute approximate surface area is 295 Å². The summed E-state index contributed by atoms with van der Waals surface area (Å²) in [5.74, 6) is -1.51. The molecule has 6 unspecified atom stereocenters. The van der Waals surface area contributed by atoms with Gasteiger partial charge in [-0.2, -0.15) is 0 Å². The Bertz CT molecular complexity index is 2060. The van der Waals surface area contributed by atoms with Gasteiger partial charge in [-0.25, -0.2) is 4.79 Å². The third kappa shape index (κ3) is 5.30. The second-order valence-electron chi connectivity index (χ2n) is 12.8. The highest BCUT2D eigenvalue weighted by Gasteiger charge is 2.69. The smallest absolute Gasteiger partial charge is 0.338 e. The fourth-order valence-electron chi connectivity index (χ4n) is 8.46. The molecule has 2 N–H and O–H groups in total. The van der Waals surface area contributed by atoms with Gasteiger partial charge in [0, 0.05) is 27.3 Å². The number of hydrogen-bond acceptors (Lipinski definition) is 10. The lowest BCUT2D eigenvalue weighted by Gasteiger charge is -2.43. The number of rotatable bonds is 9. The van der Waals surface area contributed by atoms with Gasteiger partial charge in [0.1, 0.15) is 11.5 Å². The molecule has 3 aromatic carbocycles. The molecule has 1 aromatic heterocycles. The number of imide groups is 1. The number of anilines is 2. The molecule has 7 atom stereocenters. The molecule has 0 radical (unpaired) electrons. The number of aromatic nitrogens is 1. The lowest BCUT2D eigenvalue weighted by atomic mass is 9.68. The van der Waals surface area contributed by atoms with Gasteiger partial charge in [-0.3, -0.25) is 24.1 Å². The quantitative estimate of drug-likeness (QED) is 0.174. The van der Waals surface area contributed by atoms with Gasteiger partial charge in [0.25, 0.3) is 5.91 Å². The Balaban J connectivity index is 1.08. The Kier molecular flexibility index (Phi) is 8.26. The summed E-state index contributed by atoms with van der Waals surface area (Å²) >= 11 is 2.77. The Morgan fingerprint density at radius 2 is 1.66 bits per heavy atom. The van der Waals surface area contributed by atoms with Crippen molar-refractivity contribution in [2.45, 2.75) is 29.5 Å². The van der Waals surface area contributed by atoms with Crippen molar-refractivity contribution in [3.8, 4) is 11.5 Å². The zero-order valence-electron chi connectivity index (χ0n) is 27.1. The maximum absolute atomic E-state index is 14.2. The van der Waals surface area contributed by atoms with Crippen LogP contribution in [0.3, 0.4) is 0 Å². The number of H-pyrrole nitrogens is 1. The average Bonchev–Trinajstić information content (AvgIpc) is 3.86. The first-order chi connectivity index (χ1) is 24.3. The molecule has 3 fully saturated rings. The average molecular weight is 712 g/mol. The molecule has 256 valence electrons. The number of hydrogen-bond donors (Lipinski definition) is 2. The third-order valence-corrected chi connectivity index (χ3v) is 12.9. The van der Waals surface area contributed by atoms with Crippen molar-refractivity contribution in [2.75, 3.05) is 30.5 Å². The summed E-state index contributed by atoms with van der Waals surface area (Å²) in [4.78, 5) is 71.1. The summed E-state index contributed by atoms with van der Waals surface area (Å²) in [5.41, 5.74) is 2.23. The minimum Gasteiger partial charge on any atom is -0.497 e. The van der Waals surface area contributed by atoms with Gasteiger partial charge in [0.05, 0.1) is 41.8 Å². The van der Waals surface area contributed by atoms with Crippen LogP contribution >= 0.6 is 23.1 Å². The van der Waals surface area contributed by atoms with E-state index in [0.717, 1.165) is 33.2 Å². The molecular formula is C37H33N3O8S2. The van der Waals surface area contributed by atoms with Crippen LogP contribution in [0.25, 0.3) is 0 Å². The van der Waals surface area contributed by atoms with Crippen LogP contribution in [-0.4, -0.2) is 54.2 Å². The molecular weight excluding hydrogens is 679 g/mol. The fraction of sp³-hybridized carbons (Fsp3) is 0.324. The fourth-order valence-corrected chi connectivity index (χ4v) is 11.3. The van der Waals surface area contributed by atoms with E-state index >= 15 is 0 Å². The van der Waals surface area contributed by atoms with Crippen LogP contribution < -0.4 is 24.6 Å². The summed E-state index contributed by atoms with van der Waals surface area (Å²) in [6, 6.07) is 20.9. The molecule has 3 amide bonds. The van der Waals surface area contributed by atoms with Gasteiger partial charge in [-0.1, -0.05) is 29.5 Å². The number of ether oxygens (including phenoxy) is 3. The maximum atomic E-state index is 14.2. The van der Waals surface area contributed by atoms with Gasteiger partial charge in [0.15, 0.2) is 6.61 Å². The number of methoxy groups -OCH3 is 1. The van der Waals surface area contributed by atoms with Crippen molar-refractivity contribution >= 4 is 58.2 Å². The monoisotopic (exact) mass is 711 g/mol. The van der Waals surface area contributed by atoms with Crippen LogP contribution in [0.15, 0.2) is 82.6 Å². The van der Waals surface area contributed by atoms with Crippen molar-refractivity contribution in [1.82, 2.24) is 4.98 Å². The van der Waals surface area contributed by atoms with Crippen LogP contribution in [0.4, 0.5) is 11.4 Å². The van der Waals surface area contributed by atoms with Crippen LogP contribution in [0, 0.1) is 29.6 Å². The highest BCUT2D eigenvalue weighted by atomic mass is 32.2. The molecule has 1 saturated heterocycles. The Morgan fingerprint density at radius 3 is 2.38 bits per heavy atom. The van der Waals surface area contributed by atoms with Crippen LogP contribution in [0.5, 0.6) is 11.5 Å². The molecule has 3 heterocycles. The van der Waals surface area contributed by atoms with E-state index < -0.39 is 17.8 Å². The molecule has 0 spiro atoms. The van der Waals surface area contributed by atoms with Crippen molar-refractivity contribution in [1.29, 1.82) is 0 Å². The predicted octanol–water partition coefficient (Wildman–Crippen LogP) is 5.32. The van der Waals surface area contributed by atoms with Crippen LogP contribution in [0.2, 0.25) is 0 Å². The number of carbonyl (C=O) groups excluding carboxylic acids is 4. The number of nitrogens with zero attached hydrogens (tertiary/aromatic N) is 1. The number of carbonyl (C=O) groups is 4. The highest BCUT2D eigenvalue weighted by Crippen LogP contribution is 2.69. The second kappa shape index (κ2) is 12.8. The number of thiazole rings is 1. The van der Waals surface area contributed by atoms with Crippen molar-refractivity contribution < 1.29 is 33.4 Å². The lowest BCUT2D eigenvalue weighted by Crippen LogP contribution is -2.42. The van der Waals surface area contributed by atoms with E-state index in [-0.39, 0.29) is 64.7 Å². The van der Waals surface area contributed by atoms with E-state index in [0.29, 0.717) is 28.4 Å². The lowest BCUT2D eigenvalue weighted by molar-refractivity contribution is -0.123. The molecule has 2 aliphatic carbocycles. The Morgan fingerprint density at radius 1 is 0.940 bits per heavy atom. The van der Waals surface area contributed by atoms with E-state index in [4.69, 9.17) is 14.2 Å². The van der Waals surface area contributed by atoms with Gasteiger partial charge in [-0.05, 0) is 85.7 Å². The minimum atomic E-state index is -0.498. The highest BCUT2D eigenvalue weighted by molar-refractivity contribution is 8.00. The standard InChI is InChI=1S/C37H33N3O8S2/c1-3-47-36(44)18-8-12-20(13-9-18)40-34(42)29-23-16-24(30(29)35(40)43)31-28(23)27(32-33(49-31)39-37(45)50-32)22-6-4-5-7-25(22)48-17-26(41)38-19-10-14-21(46-2)15-11-19/h4-15,23-24,27-31H,3,16-17H2,1-2H3,(H,38,41)(H,39,45)/t23?,24?,27-,28?,29?,30?,31?/m1/s1. The van der Waals surface area contributed by atoms with Gasteiger partial charge < -0.3 is 24.5 Å². The van der Waals surface area contributed by atoms with Gasteiger partial charge in [-0.15, -0.1) is 11.8 Å². The molecule has 50 heavy (non-hydrogen) atoms. The van der Waals surface area contributed by atoms with E-state index in [9.17, 15) is 24.0 Å². The normalized spacial score (nSPS) is 25.9. The summed E-state index contributed by atoms with van der Waals surface area (Å²) in [6.45, 7) is 1.74. The van der Waals surface area contributed by atoms with E-state index in [1.165, 1.54) is 4.90 Å². The number of thioether (sulfide) groups is 1. The topological polar surface area (TPSA) is 144 Å². The third-order valence-electron chi connectivity index (χ3n) is 10.3. The first-order valence-electron chi connectivity index (χ1n) is 16.5. The SMILES string of the molecule is CCOC(=O)c1ccc(N2C(=O)C3C4CC(C3C2=O)C2C4Sc3[nH]c(=O)sc3[C@@H]2c2ccccc2OCC(=O)Nc2ccc(OC)cc2)cc1. The largest absolute Gasteiger partial charge is 0.497 e. The number of para-hydroxylation sites is 1. The van der Waals surface area contributed by atoms with Gasteiger partial charge in [0.2, 0.25) is 11.8 Å². The molecule has 4 aromatic rings. The van der Waals surface area contributed by atoms with Crippen LogP contribution in [0.1, 0.15) is 40.1 Å².